The van der Waals surface area contributed by atoms with Crippen molar-refractivity contribution in [2.75, 3.05) is 17.2 Å². The Kier molecular flexibility index (Phi) is 2.57. The Morgan fingerprint density at radius 3 is 3.06 bits per heavy atom. The molecule has 2 unspecified atom stereocenters. The number of H-pyrrole nitrogens is 1. The summed E-state index contributed by atoms with van der Waals surface area (Å²) in [4.78, 5) is 10.9. The molecule has 6 heteroatoms. The Balaban J connectivity index is 2.10. The maximum Gasteiger partial charge on any atom is 0.224 e. The van der Waals surface area contributed by atoms with Crippen LogP contribution in [0.5, 0.6) is 0 Å². The van der Waals surface area contributed by atoms with Gasteiger partial charge in [0.15, 0.2) is 5.65 Å². The van der Waals surface area contributed by atoms with Crippen LogP contribution in [0.25, 0.3) is 11.0 Å². The van der Waals surface area contributed by atoms with Crippen LogP contribution in [-0.4, -0.2) is 32.8 Å². The number of anilines is 2. The summed E-state index contributed by atoms with van der Waals surface area (Å²) in [6, 6.07) is 0.464. The van der Waals surface area contributed by atoms with Crippen LogP contribution in [0.2, 0.25) is 0 Å². The number of nitrogens with zero attached hydrogens (tertiary/aromatic N) is 4. The lowest BCUT2D eigenvalue weighted by molar-refractivity contribution is 0.362. The van der Waals surface area contributed by atoms with Crippen molar-refractivity contribution in [1.82, 2.24) is 20.2 Å². The molecular formula is C12H18N6. The Labute approximate surface area is 106 Å². The van der Waals surface area contributed by atoms with Crippen LogP contribution in [0.15, 0.2) is 6.20 Å². The number of nitrogen functional groups attached to an aromatic ring is 1. The molecule has 3 N–H and O–H groups in total. The van der Waals surface area contributed by atoms with Crippen molar-refractivity contribution in [3.8, 4) is 0 Å². The van der Waals surface area contributed by atoms with Gasteiger partial charge in [0.25, 0.3) is 0 Å². The minimum absolute atomic E-state index is 0.298. The smallest absolute Gasteiger partial charge is 0.224 e. The zero-order chi connectivity index (χ0) is 12.7. The standard InChI is InChI=1S/C12H18N6/c1-7-4-3-5-18(8(7)2)11-9-6-14-17-10(9)15-12(13)16-11/h6-8H,3-5H2,1-2H3,(H3,13,14,15,16,17). The Morgan fingerprint density at radius 1 is 1.39 bits per heavy atom. The van der Waals surface area contributed by atoms with E-state index in [2.05, 4.69) is 38.9 Å². The molecule has 2 aromatic rings. The first-order valence-electron chi connectivity index (χ1n) is 6.40. The first kappa shape index (κ1) is 11.3. The van der Waals surface area contributed by atoms with Gasteiger partial charge in [-0.2, -0.15) is 15.1 Å². The fourth-order valence-corrected chi connectivity index (χ4v) is 2.69. The zero-order valence-electron chi connectivity index (χ0n) is 10.7. The molecule has 0 radical (unpaired) electrons. The first-order chi connectivity index (χ1) is 8.66. The minimum Gasteiger partial charge on any atom is -0.368 e. The lowest BCUT2D eigenvalue weighted by Gasteiger charge is -2.38. The largest absolute Gasteiger partial charge is 0.368 e. The summed E-state index contributed by atoms with van der Waals surface area (Å²) in [5, 5.41) is 7.84. The Hall–Kier alpha value is -1.85. The van der Waals surface area contributed by atoms with E-state index in [1.165, 1.54) is 12.8 Å². The highest BCUT2D eigenvalue weighted by atomic mass is 15.3. The summed E-state index contributed by atoms with van der Waals surface area (Å²) in [6.45, 7) is 5.55. The molecule has 0 amide bonds. The van der Waals surface area contributed by atoms with E-state index in [0.717, 1.165) is 17.7 Å². The van der Waals surface area contributed by atoms with Gasteiger partial charge in [-0.25, -0.2) is 0 Å². The molecule has 0 aliphatic carbocycles. The second kappa shape index (κ2) is 4.12. The highest BCUT2D eigenvalue weighted by molar-refractivity contribution is 5.87. The third-order valence-electron chi connectivity index (χ3n) is 3.95. The minimum atomic E-state index is 0.298. The molecule has 3 rings (SSSR count). The van der Waals surface area contributed by atoms with Gasteiger partial charge in [0, 0.05) is 12.6 Å². The second-order valence-corrected chi connectivity index (χ2v) is 5.09. The first-order valence-corrected chi connectivity index (χ1v) is 6.40. The molecule has 1 aliphatic rings. The summed E-state index contributed by atoms with van der Waals surface area (Å²) in [7, 11) is 0. The van der Waals surface area contributed by atoms with Gasteiger partial charge in [0.1, 0.15) is 5.82 Å². The number of fused-ring (bicyclic) bond motifs is 1. The number of piperidine rings is 1. The van der Waals surface area contributed by atoms with Crippen LogP contribution in [0.4, 0.5) is 11.8 Å². The summed E-state index contributed by atoms with van der Waals surface area (Å²) in [6.07, 6.45) is 4.23. The average molecular weight is 246 g/mol. The molecule has 0 saturated carbocycles. The molecule has 6 nitrogen and oxygen atoms in total. The van der Waals surface area contributed by atoms with Crippen molar-refractivity contribution in [2.45, 2.75) is 32.7 Å². The van der Waals surface area contributed by atoms with Gasteiger partial charge >= 0.3 is 0 Å². The fraction of sp³-hybridized carbons (Fsp3) is 0.583. The third kappa shape index (κ3) is 1.68. The topological polar surface area (TPSA) is 83.7 Å². The maximum atomic E-state index is 5.77. The molecule has 1 aliphatic heterocycles. The van der Waals surface area contributed by atoms with E-state index in [1.54, 1.807) is 6.20 Å². The summed E-state index contributed by atoms with van der Waals surface area (Å²) in [5.41, 5.74) is 6.49. The van der Waals surface area contributed by atoms with E-state index in [4.69, 9.17) is 5.73 Å². The van der Waals surface area contributed by atoms with Gasteiger partial charge in [0.05, 0.1) is 11.6 Å². The van der Waals surface area contributed by atoms with Crippen LogP contribution in [0, 0.1) is 5.92 Å². The summed E-state index contributed by atoms with van der Waals surface area (Å²) in [5.74, 6) is 1.87. The van der Waals surface area contributed by atoms with Crippen LogP contribution in [0.3, 0.4) is 0 Å². The van der Waals surface area contributed by atoms with Crippen molar-refractivity contribution in [3.05, 3.63) is 6.20 Å². The lowest BCUT2D eigenvalue weighted by atomic mass is 9.92. The quantitative estimate of drug-likeness (QED) is 0.797. The highest BCUT2D eigenvalue weighted by Crippen LogP contribution is 2.31. The van der Waals surface area contributed by atoms with Crippen molar-refractivity contribution in [2.24, 2.45) is 5.92 Å². The molecule has 1 saturated heterocycles. The maximum absolute atomic E-state index is 5.77. The van der Waals surface area contributed by atoms with Crippen LogP contribution in [0.1, 0.15) is 26.7 Å². The van der Waals surface area contributed by atoms with E-state index in [-0.39, 0.29) is 0 Å². The number of hydrogen-bond acceptors (Lipinski definition) is 5. The lowest BCUT2D eigenvalue weighted by Crippen LogP contribution is -2.43. The highest BCUT2D eigenvalue weighted by Gasteiger charge is 2.27. The predicted octanol–water partition coefficient (Wildman–Crippen LogP) is 1.56. The molecule has 2 atom stereocenters. The van der Waals surface area contributed by atoms with E-state index in [1.807, 2.05) is 0 Å². The van der Waals surface area contributed by atoms with Gasteiger partial charge in [0.2, 0.25) is 5.95 Å². The Bertz CT molecular complexity index is 563. The number of nitrogens with one attached hydrogen (secondary N) is 1. The van der Waals surface area contributed by atoms with E-state index < -0.39 is 0 Å². The summed E-state index contributed by atoms with van der Waals surface area (Å²) < 4.78 is 0. The van der Waals surface area contributed by atoms with Crippen molar-refractivity contribution < 1.29 is 0 Å². The molecule has 96 valence electrons. The van der Waals surface area contributed by atoms with Crippen molar-refractivity contribution in [1.29, 1.82) is 0 Å². The van der Waals surface area contributed by atoms with Gasteiger partial charge in [-0.15, -0.1) is 0 Å². The summed E-state index contributed by atoms with van der Waals surface area (Å²) >= 11 is 0. The number of aromatic amines is 1. The fourth-order valence-electron chi connectivity index (χ4n) is 2.69. The van der Waals surface area contributed by atoms with Crippen LogP contribution >= 0.6 is 0 Å². The van der Waals surface area contributed by atoms with Gasteiger partial charge in [-0.05, 0) is 25.7 Å². The molecule has 1 fully saturated rings. The molecule has 2 aromatic heterocycles. The van der Waals surface area contributed by atoms with E-state index >= 15 is 0 Å². The van der Waals surface area contributed by atoms with E-state index in [9.17, 15) is 0 Å². The predicted molar refractivity (Wildman–Crippen MR) is 71.3 cm³/mol. The van der Waals surface area contributed by atoms with E-state index in [0.29, 0.717) is 23.6 Å². The van der Waals surface area contributed by atoms with Gasteiger partial charge in [-0.3, -0.25) is 5.10 Å². The number of hydrogen-bond donors (Lipinski definition) is 2. The second-order valence-electron chi connectivity index (χ2n) is 5.09. The molecule has 0 aromatic carbocycles. The average Bonchev–Trinajstić information content (AvgIpc) is 2.79. The van der Waals surface area contributed by atoms with Crippen LogP contribution in [-0.2, 0) is 0 Å². The normalized spacial score (nSPS) is 24.7. The van der Waals surface area contributed by atoms with Gasteiger partial charge < -0.3 is 10.6 Å². The van der Waals surface area contributed by atoms with Crippen molar-refractivity contribution in [3.63, 3.8) is 0 Å². The zero-order valence-corrected chi connectivity index (χ0v) is 10.7. The van der Waals surface area contributed by atoms with Crippen molar-refractivity contribution >= 4 is 22.8 Å². The number of rotatable bonds is 1. The Morgan fingerprint density at radius 2 is 2.22 bits per heavy atom. The molecule has 18 heavy (non-hydrogen) atoms. The molecule has 0 bridgehead atoms. The SMILES string of the molecule is CC1CCCN(c2nc(N)nc3[nH]ncc23)C1C. The third-order valence-corrected chi connectivity index (χ3v) is 3.95. The van der Waals surface area contributed by atoms with Gasteiger partial charge in [-0.1, -0.05) is 6.92 Å². The molecule has 3 heterocycles. The monoisotopic (exact) mass is 246 g/mol. The molecular weight excluding hydrogens is 228 g/mol. The molecule has 0 spiro atoms. The number of aromatic nitrogens is 4. The number of nitrogens with two attached hydrogens (primary N) is 1. The van der Waals surface area contributed by atoms with Crippen LogP contribution < -0.4 is 10.6 Å².